The molecular formula is C110H108FN17O11S4. The summed E-state index contributed by atoms with van der Waals surface area (Å²) in [6.45, 7) is 23.4. The molecule has 33 heteroatoms. The van der Waals surface area contributed by atoms with Crippen LogP contribution in [0.3, 0.4) is 0 Å². The molecule has 5 aromatic carbocycles. The van der Waals surface area contributed by atoms with E-state index < -0.39 is 5.67 Å². The van der Waals surface area contributed by atoms with Gasteiger partial charge < -0.3 is 47.5 Å². The van der Waals surface area contributed by atoms with Crippen molar-refractivity contribution in [3.63, 3.8) is 0 Å². The third kappa shape index (κ3) is 19.3. The maximum atomic E-state index is 14.3. The predicted octanol–water partition coefficient (Wildman–Crippen LogP) is 20.0. The Morgan fingerprint density at radius 2 is 0.776 bits per heavy atom. The predicted molar refractivity (Wildman–Crippen MR) is 559 cm³/mol. The number of allylic oxidation sites excluding steroid dienone is 4. The van der Waals surface area contributed by atoms with E-state index in [2.05, 4.69) is 71.9 Å². The minimum Gasteiger partial charge on any atom is -0.392 e. The number of nitrogens with zero attached hydrogens (tertiary/aromatic N) is 13. The quantitative estimate of drug-likeness (QED) is 0.0418. The number of aliphatic hydroxyl groups excluding tert-OH is 1. The fraction of sp³-hybridized carbons (Fsp3) is 0.309. The van der Waals surface area contributed by atoms with Gasteiger partial charge in [0.25, 0.3) is 29.2 Å². The number of nitrogens with one attached hydrogen (secondary N) is 4. The lowest BCUT2D eigenvalue weighted by Crippen LogP contribution is -2.42. The first-order valence-electron chi connectivity index (χ1n) is 48.1. The van der Waals surface area contributed by atoms with Crippen LogP contribution in [-0.4, -0.2) is 173 Å². The number of imidazole rings is 4. The largest absolute Gasteiger partial charge is 0.392 e. The van der Waals surface area contributed by atoms with Crippen molar-refractivity contribution in [1.29, 1.82) is 0 Å². The number of thiophene rings is 4. The Hall–Kier alpha value is -14.5. The van der Waals surface area contributed by atoms with Gasteiger partial charge in [0, 0.05) is 122 Å². The van der Waals surface area contributed by atoms with Crippen molar-refractivity contribution in [1.82, 2.24) is 62.4 Å². The lowest BCUT2D eigenvalue weighted by atomic mass is 9.64. The molecule has 4 aliphatic heterocycles. The number of amides is 8. The first-order chi connectivity index (χ1) is 69.0. The molecule has 4 spiro atoms. The summed E-state index contributed by atoms with van der Waals surface area (Å²) in [6.07, 6.45) is 24.4. The zero-order valence-electron chi connectivity index (χ0n) is 79.5. The molecule has 5 aliphatic carbocycles. The minimum atomic E-state index is -1.49. The minimum absolute atomic E-state index is 0.00691. The highest BCUT2D eigenvalue weighted by Crippen LogP contribution is 2.60. The summed E-state index contributed by atoms with van der Waals surface area (Å²) in [5, 5.41) is 21.7. The lowest BCUT2D eigenvalue weighted by Gasteiger charge is -2.46. The van der Waals surface area contributed by atoms with Crippen molar-refractivity contribution >= 4 is 172 Å². The number of likely N-dealkylation sites (tertiary alicyclic amines) is 4. The fourth-order valence-electron chi connectivity index (χ4n) is 22.4. The number of halogens is 1. The first-order valence-corrected chi connectivity index (χ1v) is 51.4. The summed E-state index contributed by atoms with van der Waals surface area (Å²) in [4.78, 5) is 157. The number of para-hydroxylation sites is 6. The molecule has 13 heterocycles. The molecule has 9 aromatic heterocycles. The first kappa shape index (κ1) is 96.0. The highest BCUT2D eigenvalue weighted by molar-refractivity contribution is 7.18. The van der Waals surface area contributed by atoms with Crippen LogP contribution in [0.5, 0.6) is 0 Å². The van der Waals surface area contributed by atoms with Gasteiger partial charge in [-0.1, -0.05) is 111 Å². The molecule has 8 fully saturated rings. The van der Waals surface area contributed by atoms with Crippen LogP contribution in [-0.2, 0) is 43.3 Å². The molecule has 28 nitrogen and oxygen atoms in total. The van der Waals surface area contributed by atoms with Gasteiger partial charge >= 0.3 is 0 Å². The molecule has 0 bridgehead atoms. The van der Waals surface area contributed by atoms with E-state index in [0.29, 0.717) is 60.1 Å². The van der Waals surface area contributed by atoms with Crippen LogP contribution < -0.4 is 26.8 Å². The van der Waals surface area contributed by atoms with Crippen LogP contribution in [0.15, 0.2) is 262 Å². The summed E-state index contributed by atoms with van der Waals surface area (Å²) in [7, 11) is 1.71. The number of aromatic nitrogens is 9. The smallest absolute Gasteiger partial charge is 0.268 e. The van der Waals surface area contributed by atoms with Crippen molar-refractivity contribution in [2.75, 3.05) is 73.6 Å². The van der Waals surface area contributed by atoms with Gasteiger partial charge in [-0.25, -0.2) is 24.3 Å². The average Bonchev–Trinajstić information content (AvgIpc) is 1.60. The average molecular weight is 1990 g/mol. The Kier molecular flexibility index (Phi) is 26.2. The number of aryl methyl sites for hydroxylation is 1. The maximum absolute atomic E-state index is 14.3. The molecule has 23 rings (SSSR count). The Bertz CT molecular complexity index is 7590. The van der Waals surface area contributed by atoms with E-state index in [0.717, 1.165) is 216 Å². The van der Waals surface area contributed by atoms with Crippen LogP contribution in [0, 0.1) is 21.7 Å². The van der Waals surface area contributed by atoms with Crippen molar-refractivity contribution in [2.24, 2.45) is 28.7 Å². The normalized spacial score (nSPS) is 21.8. The molecule has 730 valence electrons. The molecule has 143 heavy (non-hydrogen) atoms. The number of anilines is 4. The molecule has 4 saturated carbocycles. The number of hydrogen-bond acceptors (Lipinski definition) is 19. The van der Waals surface area contributed by atoms with Crippen LogP contribution in [0.1, 0.15) is 175 Å². The van der Waals surface area contributed by atoms with Crippen molar-refractivity contribution in [3.8, 4) is 20.9 Å². The Morgan fingerprint density at radius 3 is 1.15 bits per heavy atom. The summed E-state index contributed by atoms with van der Waals surface area (Å²) in [6, 6.07) is 58.2. The Balaban J connectivity index is 0.000000117. The number of fused-ring (bicyclic) bond motifs is 4. The molecule has 14 aromatic rings. The van der Waals surface area contributed by atoms with Crippen LogP contribution >= 0.6 is 45.3 Å². The number of aliphatic hydroxyl groups is 1. The van der Waals surface area contributed by atoms with Crippen molar-refractivity contribution in [3.05, 3.63) is 302 Å². The van der Waals surface area contributed by atoms with Crippen molar-refractivity contribution in [2.45, 2.75) is 134 Å². The van der Waals surface area contributed by atoms with Crippen LogP contribution in [0.4, 0.5) is 28.2 Å². The second kappa shape index (κ2) is 39.1. The summed E-state index contributed by atoms with van der Waals surface area (Å²) in [5.41, 5.74) is 9.46. The van der Waals surface area contributed by atoms with E-state index in [4.69, 9.17) is 19.9 Å². The van der Waals surface area contributed by atoms with E-state index in [1.807, 2.05) is 177 Å². The van der Waals surface area contributed by atoms with E-state index in [1.165, 1.54) is 76.7 Å². The van der Waals surface area contributed by atoms with E-state index in [1.54, 1.807) is 49.7 Å². The number of benzene rings is 5. The SMILES string of the molecule is C=CC(=O)N1CCC2(CC(n3c(NC(=O)c4ccc(-c5ccccc5)s4)nc4ccccc43)C2)C1.C=CC(=O)N1CCC2(CC(n3c(NC(=O)c4ccc(-c5ccn(C)c(=O)c5)s4)nc4ccccc43)C2)C1.C=CC(=O)N1CCC2(CC(n3c(NC(=O)c4ccc(C(C)(C)F)s4)nc4ccccc43)C2)C1.C=CC(=O)N1CCC2(CC(n3c(NC(=O)c4ccc(C5=CC(=O)CC=C5)s4)nc4cc(CO)ccc43)C2)C1. The molecule has 0 radical (unpaired) electrons. The molecule has 4 saturated heterocycles. The zero-order valence-corrected chi connectivity index (χ0v) is 82.8. The van der Waals surface area contributed by atoms with Gasteiger partial charge in [-0.15, -0.1) is 45.3 Å². The Labute approximate surface area is 840 Å². The molecule has 9 aliphatic rings. The van der Waals surface area contributed by atoms with Gasteiger partial charge in [-0.2, -0.15) is 0 Å². The van der Waals surface area contributed by atoms with Gasteiger partial charge in [-0.05, 0) is 268 Å². The fourth-order valence-corrected chi connectivity index (χ4v) is 26.0. The second-order valence-corrected chi connectivity index (χ2v) is 44.0. The topological polar surface area (TPSA) is 328 Å². The number of rotatable bonds is 21. The molecule has 0 unspecified atom stereocenters. The monoisotopic (exact) mass is 1990 g/mol. The van der Waals surface area contributed by atoms with E-state index >= 15 is 0 Å². The molecular weight excluding hydrogens is 1880 g/mol. The van der Waals surface area contributed by atoms with E-state index in [-0.39, 0.29) is 111 Å². The number of hydrogen-bond donors (Lipinski definition) is 5. The molecule has 0 atom stereocenters. The summed E-state index contributed by atoms with van der Waals surface area (Å²) < 4.78 is 24.3. The second-order valence-electron chi connectivity index (χ2n) is 39.6. The van der Waals surface area contributed by atoms with Gasteiger partial charge in [0.1, 0.15) is 5.67 Å². The Morgan fingerprint density at radius 1 is 0.427 bits per heavy atom. The summed E-state index contributed by atoms with van der Waals surface area (Å²) in [5.74, 6) is 1.20. The van der Waals surface area contributed by atoms with Crippen LogP contribution in [0.25, 0.3) is 70.6 Å². The van der Waals surface area contributed by atoms with Gasteiger partial charge in [0.15, 0.2) is 5.78 Å². The molecule has 8 amide bonds. The molecule has 5 N–H and O–H groups in total. The van der Waals surface area contributed by atoms with Crippen molar-refractivity contribution < 1.29 is 52.6 Å². The highest BCUT2D eigenvalue weighted by atomic mass is 32.1. The van der Waals surface area contributed by atoms with Gasteiger partial charge in [0.05, 0.1) is 70.2 Å². The van der Waals surface area contributed by atoms with Gasteiger partial charge in [-0.3, -0.25) is 69.2 Å². The third-order valence-corrected chi connectivity index (χ3v) is 34.5. The summed E-state index contributed by atoms with van der Waals surface area (Å²) >= 11 is 5.32. The number of carbonyl (C=O) groups is 9. The van der Waals surface area contributed by atoms with Crippen LogP contribution in [0.2, 0.25) is 0 Å². The van der Waals surface area contributed by atoms with Gasteiger partial charge in [0.2, 0.25) is 47.4 Å². The highest BCUT2D eigenvalue weighted by Gasteiger charge is 2.55. The number of carbonyl (C=O) groups excluding carboxylic acids is 9. The standard InChI is InChI=1S/C29H28N4O4S.C28H27N5O3S.C28H26N4O2S.C25H27FN4O2S/c1-2-26(36)32-11-10-29(17-32)14-20(15-29)33-23-7-6-18(16-34)12-22(23)30-28(33)31-27(37)25-9-8-24(38-25)19-4-3-5-21(35)13-19;1-3-24(34)32-13-11-28(17-32)15-19(16-28)33-21-7-5-4-6-20(21)29-27(33)30-26(36)23-9-8-22(37-23)18-10-12-31(2)25(35)14-18;1-2-25(33)31-15-14-28(18-31)16-20(17-28)32-22-11-7-6-10-21(22)29-27(32)30-26(34)24-13-12-23(35-24)19-8-4-3-5-9-19;1-4-21(31)29-12-11-25(15-29)13-16(14-25)30-18-8-6-5-7-17(18)27-23(30)28-22(32)19-9-10-20(33-19)24(2,3)26/h2-4,6-9,12-13,20,34H,1,5,10-11,14-17H2,(H,30,31,37);3-10,12,14,19H,1,11,13,15-17H2,2H3,(H,29,30,36);2-13,20H,1,14-18H2,(H,29,30,34);4-10,16H,1,11-15H2,2-3H3,(H,27,28,32). The zero-order chi connectivity index (χ0) is 99.5. The maximum Gasteiger partial charge on any atom is 0.268 e. The van der Waals surface area contributed by atoms with E-state index in [9.17, 15) is 57.4 Å². The number of ketones is 1. The lowest BCUT2D eigenvalue weighted by molar-refractivity contribution is -0.126. The third-order valence-electron chi connectivity index (χ3n) is 29.7. The number of alkyl halides is 1. The number of pyridine rings is 1.